The number of fused-ring (bicyclic) bond motifs is 3. The van der Waals surface area contributed by atoms with Crippen molar-refractivity contribution in [2.45, 2.75) is 63.3 Å². The van der Waals surface area contributed by atoms with E-state index in [9.17, 15) is 34.9 Å². The lowest BCUT2D eigenvalue weighted by Crippen LogP contribution is -2.51. The Bertz CT molecular complexity index is 1440. The average Bonchev–Trinajstić information content (AvgIpc) is 2.90. The second-order valence-electron chi connectivity index (χ2n) is 10.0. The number of carbonyl (C=O) groups is 3. The Morgan fingerprint density at radius 1 is 1.18 bits per heavy atom. The van der Waals surface area contributed by atoms with Crippen molar-refractivity contribution in [2.24, 2.45) is 0 Å². The van der Waals surface area contributed by atoms with Crippen molar-refractivity contribution in [2.75, 3.05) is 7.11 Å². The molecular formula is C27H27NO10S. The molecule has 12 heteroatoms. The van der Waals surface area contributed by atoms with Gasteiger partial charge in [0, 0.05) is 36.0 Å². The molecular weight excluding hydrogens is 530 g/mol. The van der Waals surface area contributed by atoms with Gasteiger partial charge in [-0.3, -0.25) is 14.4 Å². The fourth-order valence-corrected chi connectivity index (χ4v) is 6.00. The number of phenolic OH excluding ortho intramolecular Hbond substituents is 2. The van der Waals surface area contributed by atoms with Gasteiger partial charge >= 0.3 is 0 Å². The number of benzene rings is 2. The number of ether oxygens (including phenoxy) is 3. The van der Waals surface area contributed by atoms with Gasteiger partial charge in [0.1, 0.15) is 29.0 Å². The molecule has 0 bridgehead atoms. The molecule has 2 aliphatic carbocycles. The Morgan fingerprint density at radius 3 is 2.54 bits per heavy atom. The molecule has 1 aliphatic heterocycles. The summed E-state index contributed by atoms with van der Waals surface area (Å²) in [6.45, 7) is 2.67. The van der Waals surface area contributed by atoms with Crippen molar-refractivity contribution in [3.63, 3.8) is 0 Å². The highest BCUT2D eigenvalue weighted by Gasteiger charge is 2.49. The minimum absolute atomic E-state index is 0.00142. The second kappa shape index (κ2) is 9.73. The van der Waals surface area contributed by atoms with E-state index in [4.69, 9.17) is 26.4 Å². The molecule has 1 saturated heterocycles. The van der Waals surface area contributed by atoms with Gasteiger partial charge in [-0.1, -0.05) is 24.4 Å². The molecule has 2 aromatic carbocycles. The summed E-state index contributed by atoms with van der Waals surface area (Å²) in [4.78, 5) is 38.6. The lowest BCUT2D eigenvalue weighted by Gasteiger charge is -2.41. The predicted octanol–water partition coefficient (Wildman–Crippen LogP) is 1.79. The number of hydroxylamine groups is 1. The van der Waals surface area contributed by atoms with Crippen LogP contribution in [0.5, 0.6) is 17.2 Å². The van der Waals surface area contributed by atoms with Crippen LogP contribution in [0.25, 0.3) is 0 Å². The molecule has 5 atom stereocenters. The zero-order valence-corrected chi connectivity index (χ0v) is 22.1. The SMILES string of the molecule is COc1cccc2c1C(=O)c1c(O)c3c(c(O)c1C2=S)C[C@@](O)(C(C)=O)C[C@@H]3OC1CC(NO)C(=O)C(C)O1. The number of phenols is 2. The monoisotopic (exact) mass is 557 g/mol. The Kier molecular flexibility index (Phi) is 6.82. The number of ketones is 3. The summed E-state index contributed by atoms with van der Waals surface area (Å²) in [6, 6.07) is 3.82. The normalized spacial score (nSPS) is 28.0. The first-order valence-corrected chi connectivity index (χ1v) is 12.7. The summed E-state index contributed by atoms with van der Waals surface area (Å²) >= 11 is 5.63. The van der Waals surface area contributed by atoms with E-state index >= 15 is 0 Å². The molecule has 5 rings (SSSR count). The van der Waals surface area contributed by atoms with Gasteiger partial charge in [0.25, 0.3) is 0 Å². The molecule has 39 heavy (non-hydrogen) atoms. The predicted molar refractivity (Wildman–Crippen MR) is 137 cm³/mol. The van der Waals surface area contributed by atoms with Crippen molar-refractivity contribution in [3.8, 4) is 17.2 Å². The van der Waals surface area contributed by atoms with Gasteiger partial charge in [-0.15, -0.1) is 0 Å². The van der Waals surface area contributed by atoms with Gasteiger partial charge < -0.3 is 34.7 Å². The number of carbonyl (C=O) groups excluding carboxylic acids is 3. The molecule has 206 valence electrons. The van der Waals surface area contributed by atoms with Crippen LogP contribution in [0.4, 0.5) is 0 Å². The van der Waals surface area contributed by atoms with Gasteiger partial charge in [0.2, 0.25) is 5.78 Å². The van der Waals surface area contributed by atoms with E-state index in [0.717, 1.165) is 0 Å². The van der Waals surface area contributed by atoms with Crippen LogP contribution in [0, 0.1) is 0 Å². The molecule has 0 spiro atoms. The number of aliphatic hydroxyl groups is 1. The van der Waals surface area contributed by atoms with Crippen molar-refractivity contribution in [1.29, 1.82) is 0 Å². The lowest BCUT2D eigenvalue weighted by molar-refractivity contribution is -0.226. The van der Waals surface area contributed by atoms with Gasteiger partial charge in [0.15, 0.2) is 17.9 Å². The number of thiocarbonyl (C=S) groups is 1. The summed E-state index contributed by atoms with van der Waals surface area (Å²) in [5.74, 6) is -2.38. The van der Waals surface area contributed by atoms with Crippen LogP contribution in [0.3, 0.4) is 0 Å². The van der Waals surface area contributed by atoms with Gasteiger partial charge in [-0.25, -0.2) is 0 Å². The fourth-order valence-electron chi connectivity index (χ4n) is 5.63. The highest BCUT2D eigenvalue weighted by Crippen LogP contribution is 2.52. The van der Waals surface area contributed by atoms with Crippen molar-refractivity contribution >= 4 is 34.4 Å². The van der Waals surface area contributed by atoms with Crippen LogP contribution in [-0.2, 0) is 25.5 Å². The summed E-state index contributed by atoms with van der Waals surface area (Å²) in [5, 5.41) is 43.7. The summed E-state index contributed by atoms with van der Waals surface area (Å²) < 4.78 is 17.1. The smallest absolute Gasteiger partial charge is 0.201 e. The largest absolute Gasteiger partial charge is 0.507 e. The Labute approximate surface area is 228 Å². The number of nitrogens with one attached hydrogen (secondary N) is 1. The van der Waals surface area contributed by atoms with E-state index in [-0.39, 0.29) is 57.7 Å². The van der Waals surface area contributed by atoms with E-state index in [0.29, 0.717) is 5.56 Å². The topological polar surface area (TPSA) is 172 Å². The lowest BCUT2D eigenvalue weighted by atomic mass is 9.72. The average molecular weight is 558 g/mol. The highest BCUT2D eigenvalue weighted by atomic mass is 32.1. The molecule has 3 unspecified atom stereocenters. The quantitative estimate of drug-likeness (QED) is 0.175. The Hall–Kier alpha value is -3.26. The molecule has 0 saturated carbocycles. The van der Waals surface area contributed by atoms with E-state index in [1.54, 1.807) is 18.2 Å². The van der Waals surface area contributed by atoms with Crippen LogP contribution >= 0.6 is 12.2 Å². The van der Waals surface area contributed by atoms with Gasteiger partial charge in [-0.05, 0) is 19.9 Å². The first-order chi connectivity index (χ1) is 18.4. The zero-order valence-electron chi connectivity index (χ0n) is 21.3. The van der Waals surface area contributed by atoms with Crippen LogP contribution < -0.4 is 10.2 Å². The number of hydrogen-bond donors (Lipinski definition) is 5. The Morgan fingerprint density at radius 2 is 1.90 bits per heavy atom. The van der Waals surface area contributed by atoms with Crippen molar-refractivity contribution in [1.82, 2.24) is 5.48 Å². The van der Waals surface area contributed by atoms with Crippen LogP contribution in [-0.4, -0.2) is 73.9 Å². The summed E-state index contributed by atoms with van der Waals surface area (Å²) in [6.07, 6.45) is -4.12. The standard InChI is InChI=1S/C27H27NO10S/c1-10-22(30)14(28-35)7-17(37-10)38-16-9-27(34,11(2)29)8-13-19(16)25(33)20-21(23(13)31)26(39)12-5-4-6-15(36-3)18(12)24(20)32/h4-6,10,14,16-17,28,31,33-35H,7-9H2,1-3H3/t10?,14?,16-,17?,27-/m0/s1. The first-order valence-electron chi connectivity index (χ1n) is 12.3. The molecule has 0 aromatic heterocycles. The fraction of sp³-hybridized carbons (Fsp3) is 0.407. The van der Waals surface area contributed by atoms with E-state index < -0.39 is 59.0 Å². The third kappa shape index (κ3) is 4.15. The number of hydrogen-bond acceptors (Lipinski definition) is 12. The van der Waals surface area contributed by atoms with E-state index in [1.165, 1.54) is 21.0 Å². The number of rotatable bonds is 5. The van der Waals surface area contributed by atoms with Gasteiger partial charge in [0.05, 0.1) is 40.8 Å². The molecule has 2 aromatic rings. The minimum Gasteiger partial charge on any atom is -0.507 e. The number of aromatic hydroxyl groups is 2. The maximum Gasteiger partial charge on any atom is 0.201 e. The number of methoxy groups -OCH3 is 1. The molecule has 1 fully saturated rings. The third-order valence-corrected chi connectivity index (χ3v) is 8.16. The van der Waals surface area contributed by atoms with E-state index in [1.807, 2.05) is 5.48 Å². The minimum atomic E-state index is -1.98. The first kappa shape index (κ1) is 27.3. The van der Waals surface area contributed by atoms with Crippen LogP contribution in [0.2, 0.25) is 0 Å². The maximum atomic E-state index is 13.7. The van der Waals surface area contributed by atoms with Crippen LogP contribution in [0.1, 0.15) is 71.0 Å². The van der Waals surface area contributed by atoms with Crippen molar-refractivity contribution < 1.29 is 49.1 Å². The van der Waals surface area contributed by atoms with Crippen molar-refractivity contribution in [3.05, 3.63) is 51.6 Å². The molecule has 0 amide bonds. The number of Topliss-reactive ketones (excluding diaryl/α,β-unsaturated/α-hetero) is 2. The maximum absolute atomic E-state index is 13.7. The molecule has 0 radical (unpaired) electrons. The molecule has 3 aliphatic rings. The highest BCUT2D eigenvalue weighted by molar-refractivity contribution is 7.81. The molecule has 5 N–H and O–H groups in total. The van der Waals surface area contributed by atoms with E-state index in [2.05, 4.69) is 0 Å². The Balaban J connectivity index is 1.68. The molecule has 1 heterocycles. The third-order valence-electron chi connectivity index (χ3n) is 7.73. The van der Waals surface area contributed by atoms with Gasteiger partial charge in [-0.2, -0.15) is 5.48 Å². The summed E-state index contributed by atoms with van der Waals surface area (Å²) in [7, 11) is 1.39. The van der Waals surface area contributed by atoms with Crippen LogP contribution in [0.15, 0.2) is 18.2 Å². The second-order valence-corrected chi connectivity index (χ2v) is 10.4. The zero-order chi connectivity index (χ0) is 28.4. The molecule has 11 nitrogen and oxygen atoms in total. The summed E-state index contributed by atoms with van der Waals surface area (Å²) in [5.41, 5.74) is 0.0513.